The molecule has 6 atom stereocenters. The van der Waals surface area contributed by atoms with Crippen molar-refractivity contribution in [3.63, 3.8) is 0 Å². The summed E-state index contributed by atoms with van der Waals surface area (Å²) in [6, 6.07) is 31.3. The number of nitrogens with zero attached hydrogens (tertiary/aromatic N) is 1. The number of carbonyl (C=O) groups excluding carboxylic acids is 4. The van der Waals surface area contributed by atoms with Gasteiger partial charge in [-0.25, -0.2) is 0 Å². The Morgan fingerprint density at radius 2 is 1.51 bits per heavy atom. The van der Waals surface area contributed by atoms with Crippen molar-refractivity contribution in [2.75, 3.05) is 4.90 Å². The fourth-order valence-electron chi connectivity index (χ4n) is 9.15. The van der Waals surface area contributed by atoms with Crippen LogP contribution in [0.1, 0.15) is 46.6 Å². The standard InChI is InChI=1S/C43H35NO5/c1-3-26-17-19-29(20-18-26)44-41(48)31-22-21-30-34(37(31)42(44)49)23-35-40(47)33(27-12-6-4-7-13-27)24-36(45)43(35,28-14-8-5-9-15-28)38(30)32-16-10-11-25(2)39(32)46/h3-21,24,31,34-35,37-38,46H,1,22-23H2,2H3/t31-,34+,35-,37-,38+,43-/m0/s1. The van der Waals surface area contributed by atoms with Crippen molar-refractivity contribution >= 4 is 40.7 Å². The highest BCUT2D eigenvalue weighted by Gasteiger charge is 2.66. The second-order valence-corrected chi connectivity index (χ2v) is 13.6. The zero-order valence-electron chi connectivity index (χ0n) is 27.1. The first-order valence-electron chi connectivity index (χ1n) is 16.8. The maximum atomic E-state index is 15.1. The van der Waals surface area contributed by atoms with Gasteiger partial charge in [0.15, 0.2) is 11.6 Å². The molecule has 1 N–H and O–H groups in total. The normalized spacial score (nSPS) is 27.5. The first-order chi connectivity index (χ1) is 23.8. The SMILES string of the molecule is C=Cc1ccc(N2C(=O)[C@H]3[C@H](CC=C4[C@H]3C[C@H]3C(=O)C(c5ccccc5)=CC(=O)[C@@]3(c3ccccc3)[C@H]4c3cccc(C)c3O)C2=O)cc1. The number of hydrogen-bond donors (Lipinski definition) is 1. The van der Waals surface area contributed by atoms with E-state index in [-0.39, 0.29) is 35.6 Å². The Labute approximate surface area is 285 Å². The molecule has 6 heteroatoms. The minimum atomic E-state index is -1.39. The second-order valence-electron chi connectivity index (χ2n) is 13.6. The molecule has 4 aromatic carbocycles. The number of allylic oxidation sites excluding steroid dienone is 4. The number of aryl methyl sites for hydroxylation is 1. The van der Waals surface area contributed by atoms with Crippen molar-refractivity contribution in [1.29, 1.82) is 0 Å². The van der Waals surface area contributed by atoms with E-state index < -0.39 is 35.0 Å². The van der Waals surface area contributed by atoms with E-state index in [2.05, 4.69) is 6.58 Å². The highest BCUT2D eigenvalue weighted by molar-refractivity contribution is 6.32. The van der Waals surface area contributed by atoms with Gasteiger partial charge in [0.1, 0.15) is 5.75 Å². The van der Waals surface area contributed by atoms with E-state index in [0.29, 0.717) is 39.9 Å². The van der Waals surface area contributed by atoms with Crippen molar-refractivity contribution < 1.29 is 24.3 Å². The minimum absolute atomic E-state index is 0.0566. The number of ketones is 2. The van der Waals surface area contributed by atoms with E-state index in [9.17, 15) is 19.5 Å². The summed E-state index contributed by atoms with van der Waals surface area (Å²) >= 11 is 0. The second kappa shape index (κ2) is 11.5. The quantitative estimate of drug-likeness (QED) is 0.181. The molecule has 0 aromatic heterocycles. The molecule has 1 saturated carbocycles. The van der Waals surface area contributed by atoms with Crippen molar-refractivity contribution in [3.8, 4) is 5.75 Å². The Morgan fingerprint density at radius 3 is 2.20 bits per heavy atom. The lowest BCUT2D eigenvalue weighted by molar-refractivity contribution is -0.135. The molecule has 1 heterocycles. The maximum absolute atomic E-state index is 15.1. The summed E-state index contributed by atoms with van der Waals surface area (Å²) in [4.78, 5) is 59.9. The van der Waals surface area contributed by atoms with Crippen molar-refractivity contribution in [2.45, 2.75) is 31.1 Å². The number of imide groups is 1. The Hall–Kier alpha value is -5.62. The number of benzene rings is 4. The molecule has 0 spiro atoms. The van der Waals surface area contributed by atoms with Crippen LogP contribution in [-0.2, 0) is 24.6 Å². The third-order valence-electron chi connectivity index (χ3n) is 11.3. The van der Waals surface area contributed by atoms with E-state index in [4.69, 9.17) is 0 Å². The zero-order valence-corrected chi connectivity index (χ0v) is 27.1. The molecular weight excluding hydrogens is 610 g/mol. The van der Waals surface area contributed by atoms with Crippen LogP contribution in [0.2, 0.25) is 0 Å². The number of Topliss-reactive ketones (excluding diaryl/α,β-unsaturated/α-hetero) is 1. The Balaban J connectivity index is 1.36. The number of aromatic hydroxyl groups is 1. The van der Waals surface area contributed by atoms with Crippen LogP contribution >= 0.6 is 0 Å². The van der Waals surface area contributed by atoms with Gasteiger partial charge in [0.05, 0.1) is 22.9 Å². The van der Waals surface area contributed by atoms with Gasteiger partial charge in [-0.1, -0.05) is 115 Å². The number of hydrogen-bond acceptors (Lipinski definition) is 5. The molecule has 2 fully saturated rings. The number of fused-ring (bicyclic) bond motifs is 4. The van der Waals surface area contributed by atoms with Crippen LogP contribution in [0.5, 0.6) is 5.75 Å². The predicted octanol–water partition coefficient (Wildman–Crippen LogP) is 7.37. The number of phenolic OH excluding ortho intramolecular Hbond substituents is 1. The van der Waals surface area contributed by atoms with Crippen LogP contribution in [0.15, 0.2) is 127 Å². The van der Waals surface area contributed by atoms with Crippen LogP contribution in [-0.4, -0.2) is 28.5 Å². The van der Waals surface area contributed by atoms with Crippen molar-refractivity contribution in [2.24, 2.45) is 23.7 Å². The van der Waals surface area contributed by atoms with Crippen LogP contribution in [0.4, 0.5) is 5.69 Å². The summed E-state index contributed by atoms with van der Waals surface area (Å²) in [6.45, 7) is 5.62. The summed E-state index contributed by atoms with van der Waals surface area (Å²) in [7, 11) is 0. The largest absolute Gasteiger partial charge is 0.507 e. The lowest BCUT2D eigenvalue weighted by Gasteiger charge is -2.55. The summed E-state index contributed by atoms with van der Waals surface area (Å²) in [5.41, 5.74) is 3.67. The minimum Gasteiger partial charge on any atom is -0.507 e. The van der Waals surface area contributed by atoms with Gasteiger partial charge in [0, 0.05) is 23.0 Å². The van der Waals surface area contributed by atoms with E-state index in [1.807, 2.05) is 104 Å². The molecule has 242 valence electrons. The molecule has 4 aliphatic rings. The highest BCUT2D eigenvalue weighted by atomic mass is 16.3. The molecule has 0 bridgehead atoms. The Morgan fingerprint density at radius 1 is 0.816 bits per heavy atom. The van der Waals surface area contributed by atoms with Crippen LogP contribution in [0.25, 0.3) is 11.6 Å². The highest BCUT2D eigenvalue weighted by Crippen LogP contribution is 2.64. The lowest BCUT2D eigenvalue weighted by atomic mass is 9.44. The molecule has 3 aliphatic carbocycles. The topological polar surface area (TPSA) is 91.8 Å². The van der Waals surface area contributed by atoms with E-state index >= 15 is 4.79 Å². The average molecular weight is 646 g/mol. The molecule has 2 amide bonds. The first kappa shape index (κ1) is 30.7. The van der Waals surface area contributed by atoms with Gasteiger partial charge in [-0.15, -0.1) is 0 Å². The summed E-state index contributed by atoms with van der Waals surface area (Å²) < 4.78 is 0. The third kappa shape index (κ3) is 4.40. The molecule has 6 nitrogen and oxygen atoms in total. The first-order valence-corrected chi connectivity index (χ1v) is 16.8. The Bertz CT molecular complexity index is 2110. The van der Waals surface area contributed by atoms with E-state index in [1.165, 1.54) is 11.0 Å². The monoisotopic (exact) mass is 645 g/mol. The van der Waals surface area contributed by atoms with Gasteiger partial charge in [-0.2, -0.15) is 0 Å². The zero-order chi connectivity index (χ0) is 34.0. The van der Waals surface area contributed by atoms with Gasteiger partial charge in [0.2, 0.25) is 11.8 Å². The van der Waals surface area contributed by atoms with E-state index in [1.54, 1.807) is 18.2 Å². The Kier molecular flexibility index (Phi) is 7.21. The number of phenols is 1. The van der Waals surface area contributed by atoms with Gasteiger partial charge >= 0.3 is 0 Å². The molecule has 1 aliphatic heterocycles. The van der Waals surface area contributed by atoms with E-state index in [0.717, 1.165) is 11.1 Å². The molecule has 0 unspecified atom stereocenters. The third-order valence-corrected chi connectivity index (χ3v) is 11.3. The number of rotatable bonds is 5. The average Bonchev–Trinajstić information content (AvgIpc) is 3.39. The number of anilines is 1. The smallest absolute Gasteiger partial charge is 0.238 e. The molecule has 49 heavy (non-hydrogen) atoms. The molecular formula is C43H35NO5. The fraction of sp³-hybridized carbons (Fsp3) is 0.209. The lowest BCUT2D eigenvalue weighted by Crippen LogP contribution is -2.58. The summed E-state index contributed by atoms with van der Waals surface area (Å²) in [6.07, 6.45) is 5.74. The van der Waals surface area contributed by atoms with Gasteiger partial charge < -0.3 is 5.11 Å². The summed E-state index contributed by atoms with van der Waals surface area (Å²) in [5, 5.41) is 11.7. The fourth-order valence-corrected chi connectivity index (χ4v) is 9.15. The maximum Gasteiger partial charge on any atom is 0.238 e. The van der Waals surface area contributed by atoms with Crippen LogP contribution in [0, 0.1) is 30.6 Å². The molecule has 8 rings (SSSR count). The number of para-hydroxylation sites is 1. The predicted molar refractivity (Wildman–Crippen MR) is 188 cm³/mol. The van der Waals surface area contributed by atoms with Crippen molar-refractivity contribution in [1.82, 2.24) is 0 Å². The molecule has 0 radical (unpaired) electrons. The van der Waals surface area contributed by atoms with Gasteiger partial charge in [-0.3, -0.25) is 24.1 Å². The molecule has 1 saturated heterocycles. The number of amides is 2. The van der Waals surface area contributed by atoms with Crippen molar-refractivity contribution in [3.05, 3.63) is 155 Å². The summed E-state index contributed by atoms with van der Waals surface area (Å²) in [5.74, 6) is -4.35. The van der Waals surface area contributed by atoms with Crippen LogP contribution < -0.4 is 4.90 Å². The number of carbonyl (C=O) groups is 4. The molecule has 4 aromatic rings. The van der Waals surface area contributed by atoms with Gasteiger partial charge in [-0.05, 0) is 66.1 Å². The van der Waals surface area contributed by atoms with Crippen LogP contribution in [0.3, 0.4) is 0 Å². The van der Waals surface area contributed by atoms with Gasteiger partial charge in [0.25, 0.3) is 0 Å².